The van der Waals surface area contributed by atoms with Gasteiger partial charge < -0.3 is 9.88 Å². The van der Waals surface area contributed by atoms with E-state index in [0.717, 1.165) is 54.5 Å². The highest BCUT2D eigenvalue weighted by Gasteiger charge is 2.18. The van der Waals surface area contributed by atoms with Gasteiger partial charge in [0.15, 0.2) is 0 Å². The Labute approximate surface area is 164 Å². The van der Waals surface area contributed by atoms with Crippen LogP contribution in [0.4, 0.5) is 4.39 Å². The Bertz CT molecular complexity index is 991. The summed E-state index contributed by atoms with van der Waals surface area (Å²) in [7, 11) is 0. The molecule has 1 atom stereocenters. The molecule has 0 bridgehead atoms. The molecule has 1 aromatic carbocycles. The summed E-state index contributed by atoms with van der Waals surface area (Å²) in [5.41, 5.74) is 2.88. The Morgan fingerprint density at radius 1 is 1.21 bits per heavy atom. The number of nitrogens with zero attached hydrogens (tertiary/aromatic N) is 2. The van der Waals surface area contributed by atoms with Crippen LogP contribution in [0.5, 0.6) is 0 Å². The van der Waals surface area contributed by atoms with Crippen LogP contribution < -0.4 is 5.32 Å². The standard InChI is InChI=1S/C23H24FN3O/c24-20-11-9-17(10-12-20)21-16-19-8-4-13-25-22(19)27(21)15-5-14-26-23(28)18-6-2-1-3-7-18/h1-2,4,8-13,16,18H,3,5-7,14-15H2,(H,26,28)/t18-/m1/s1. The lowest BCUT2D eigenvalue weighted by atomic mass is 9.94. The Morgan fingerprint density at radius 2 is 2.07 bits per heavy atom. The molecule has 144 valence electrons. The van der Waals surface area contributed by atoms with Gasteiger partial charge in [0.05, 0.1) is 5.69 Å². The smallest absolute Gasteiger partial charge is 0.223 e. The summed E-state index contributed by atoms with van der Waals surface area (Å²) < 4.78 is 15.5. The number of nitrogens with one attached hydrogen (secondary N) is 1. The van der Waals surface area contributed by atoms with Crippen molar-refractivity contribution in [2.75, 3.05) is 6.54 Å². The molecule has 2 aromatic heterocycles. The molecule has 1 aliphatic rings. The van der Waals surface area contributed by atoms with Crippen LogP contribution in [0.3, 0.4) is 0 Å². The molecule has 4 nitrogen and oxygen atoms in total. The lowest BCUT2D eigenvalue weighted by Gasteiger charge is -2.17. The number of benzene rings is 1. The maximum atomic E-state index is 13.3. The van der Waals surface area contributed by atoms with Crippen LogP contribution in [0.1, 0.15) is 25.7 Å². The fraction of sp³-hybridized carbons (Fsp3) is 0.304. The number of pyridine rings is 1. The van der Waals surface area contributed by atoms with Gasteiger partial charge in [-0.3, -0.25) is 4.79 Å². The van der Waals surface area contributed by atoms with E-state index in [2.05, 4.69) is 33.1 Å². The van der Waals surface area contributed by atoms with Crippen LogP contribution >= 0.6 is 0 Å². The van der Waals surface area contributed by atoms with Crippen LogP contribution in [0.15, 0.2) is 60.8 Å². The minimum Gasteiger partial charge on any atom is -0.356 e. The first-order valence-electron chi connectivity index (χ1n) is 9.85. The maximum absolute atomic E-state index is 13.3. The molecule has 3 aromatic rings. The third-order valence-electron chi connectivity index (χ3n) is 5.29. The van der Waals surface area contributed by atoms with Gasteiger partial charge in [0, 0.05) is 30.6 Å². The van der Waals surface area contributed by atoms with Crippen molar-refractivity contribution in [3.8, 4) is 11.3 Å². The molecule has 0 aliphatic heterocycles. The highest BCUT2D eigenvalue weighted by Crippen LogP contribution is 2.27. The second-order valence-electron chi connectivity index (χ2n) is 7.23. The average Bonchev–Trinajstić information content (AvgIpc) is 3.11. The third-order valence-corrected chi connectivity index (χ3v) is 5.29. The predicted octanol–water partition coefficient (Wildman–Crippen LogP) is 4.71. The predicted molar refractivity (Wildman–Crippen MR) is 109 cm³/mol. The van der Waals surface area contributed by atoms with Crippen LogP contribution in [0.25, 0.3) is 22.3 Å². The first kappa shape index (κ1) is 18.4. The Hall–Kier alpha value is -2.95. The number of hydrogen-bond donors (Lipinski definition) is 1. The SMILES string of the molecule is O=C(NCCCn1c(-c2ccc(F)cc2)cc2cccnc21)[C@@H]1CC=CCC1. The Balaban J connectivity index is 1.46. The summed E-state index contributed by atoms with van der Waals surface area (Å²) in [5, 5.41) is 4.13. The molecule has 1 N–H and O–H groups in total. The number of hydrogen-bond acceptors (Lipinski definition) is 2. The topological polar surface area (TPSA) is 46.9 Å². The van der Waals surface area contributed by atoms with Crippen molar-refractivity contribution < 1.29 is 9.18 Å². The Kier molecular flexibility index (Phi) is 5.51. The van der Waals surface area contributed by atoms with Gasteiger partial charge in [0.1, 0.15) is 11.5 Å². The number of halogens is 1. The lowest BCUT2D eigenvalue weighted by Crippen LogP contribution is -2.32. The summed E-state index contributed by atoms with van der Waals surface area (Å²) in [5.74, 6) is 0.0113. The summed E-state index contributed by atoms with van der Waals surface area (Å²) >= 11 is 0. The van der Waals surface area contributed by atoms with E-state index < -0.39 is 0 Å². The number of rotatable bonds is 6. The van der Waals surface area contributed by atoms with E-state index in [1.165, 1.54) is 12.1 Å². The molecule has 0 spiro atoms. The first-order chi connectivity index (χ1) is 13.7. The zero-order valence-corrected chi connectivity index (χ0v) is 15.8. The largest absolute Gasteiger partial charge is 0.356 e. The molecule has 0 saturated heterocycles. The van der Waals surface area contributed by atoms with E-state index in [1.807, 2.05) is 12.1 Å². The van der Waals surface area contributed by atoms with Crippen molar-refractivity contribution in [1.29, 1.82) is 0 Å². The van der Waals surface area contributed by atoms with Gasteiger partial charge in [-0.1, -0.05) is 12.2 Å². The maximum Gasteiger partial charge on any atom is 0.223 e. The molecule has 0 saturated carbocycles. The molecule has 0 fully saturated rings. The minimum atomic E-state index is -0.246. The zero-order valence-electron chi connectivity index (χ0n) is 15.8. The second-order valence-corrected chi connectivity index (χ2v) is 7.23. The fourth-order valence-electron chi connectivity index (χ4n) is 3.80. The molecule has 4 rings (SSSR count). The molecule has 2 heterocycles. The highest BCUT2D eigenvalue weighted by atomic mass is 19.1. The van der Waals surface area contributed by atoms with Gasteiger partial charge in [-0.05, 0) is 73.7 Å². The van der Waals surface area contributed by atoms with Crippen LogP contribution in [-0.2, 0) is 11.3 Å². The van der Waals surface area contributed by atoms with E-state index in [1.54, 1.807) is 18.3 Å². The summed E-state index contributed by atoms with van der Waals surface area (Å²) in [4.78, 5) is 16.8. The highest BCUT2D eigenvalue weighted by molar-refractivity contribution is 5.84. The van der Waals surface area contributed by atoms with E-state index in [9.17, 15) is 9.18 Å². The number of carbonyl (C=O) groups is 1. The zero-order chi connectivity index (χ0) is 19.3. The van der Waals surface area contributed by atoms with Crippen molar-refractivity contribution in [2.24, 2.45) is 5.92 Å². The van der Waals surface area contributed by atoms with E-state index in [4.69, 9.17) is 0 Å². The number of fused-ring (bicyclic) bond motifs is 1. The molecular formula is C23H24FN3O. The van der Waals surface area contributed by atoms with Gasteiger partial charge >= 0.3 is 0 Å². The van der Waals surface area contributed by atoms with Gasteiger partial charge in [-0.2, -0.15) is 0 Å². The lowest BCUT2D eigenvalue weighted by molar-refractivity contribution is -0.125. The fourth-order valence-corrected chi connectivity index (χ4v) is 3.80. The average molecular weight is 377 g/mol. The summed E-state index contributed by atoms with van der Waals surface area (Å²) in [6.45, 7) is 1.37. The number of aromatic nitrogens is 2. The quantitative estimate of drug-likeness (QED) is 0.500. The van der Waals surface area contributed by atoms with Gasteiger partial charge in [-0.15, -0.1) is 0 Å². The van der Waals surface area contributed by atoms with Crippen molar-refractivity contribution in [1.82, 2.24) is 14.9 Å². The molecule has 5 heteroatoms. The second kappa shape index (κ2) is 8.38. The van der Waals surface area contributed by atoms with Crippen molar-refractivity contribution in [3.63, 3.8) is 0 Å². The third kappa shape index (κ3) is 3.98. The van der Waals surface area contributed by atoms with E-state index in [0.29, 0.717) is 6.54 Å². The van der Waals surface area contributed by atoms with E-state index >= 15 is 0 Å². The molecule has 0 unspecified atom stereocenters. The number of aryl methyl sites for hydroxylation is 1. The normalized spacial score (nSPS) is 16.4. The van der Waals surface area contributed by atoms with E-state index in [-0.39, 0.29) is 17.6 Å². The minimum absolute atomic E-state index is 0.105. The van der Waals surface area contributed by atoms with Gasteiger partial charge in [-0.25, -0.2) is 9.37 Å². The molecule has 0 radical (unpaired) electrons. The number of allylic oxidation sites excluding steroid dienone is 2. The van der Waals surface area contributed by atoms with Crippen LogP contribution in [-0.4, -0.2) is 22.0 Å². The number of amides is 1. The first-order valence-corrected chi connectivity index (χ1v) is 9.85. The molecule has 1 amide bonds. The van der Waals surface area contributed by atoms with Crippen molar-refractivity contribution in [2.45, 2.75) is 32.2 Å². The van der Waals surface area contributed by atoms with Gasteiger partial charge in [0.2, 0.25) is 5.91 Å². The molecule has 28 heavy (non-hydrogen) atoms. The molecular weight excluding hydrogens is 353 g/mol. The molecule has 1 aliphatic carbocycles. The van der Waals surface area contributed by atoms with Crippen molar-refractivity contribution >= 4 is 16.9 Å². The monoisotopic (exact) mass is 377 g/mol. The Morgan fingerprint density at radius 3 is 2.86 bits per heavy atom. The summed E-state index contributed by atoms with van der Waals surface area (Å²) in [6, 6.07) is 12.6. The summed E-state index contributed by atoms with van der Waals surface area (Å²) in [6.07, 6.45) is 9.59. The van der Waals surface area contributed by atoms with Gasteiger partial charge in [0.25, 0.3) is 0 Å². The van der Waals surface area contributed by atoms with Crippen LogP contribution in [0, 0.1) is 11.7 Å². The van der Waals surface area contributed by atoms with Crippen molar-refractivity contribution in [3.05, 3.63) is 66.6 Å². The number of carbonyl (C=O) groups excluding carboxylic acids is 1. The van der Waals surface area contributed by atoms with Crippen LogP contribution in [0.2, 0.25) is 0 Å².